The third kappa shape index (κ3) is 2.15. The van der Waals surface area contributed by atoms with Crippen molar-refractivity contribution in [2.45, 2.75) is 18.9 Å². The molecule has 1 atom stereocenters. The Kier molecular flexibility index (Phi) is 3.08. The Morgan fingerprint density at radius 2 is 2.16 bits per heavy atom. The molecular formula is C13H15N2O4+. The van der Waals surface area contributed by atoms with E-state index in [9.17, 15) is 4.79 Å². The van der Waals surface area contributed by atoms with Crippen LogP contribution in [0.25, 0.3) is 5.69 Å². The number of methoxy groups -OCH3 is 1. The number of benzene rings is 1. The highest BCUT2D eigenvalue weighted by Crippen LogP contribution is 2.24. The summed E-state index contributed by atoms with van der Waals surface area (Å²) in [6.45, 7) is 0.678. The summed E-state index contributed by atoms with van der Waals surface area (Å²) in [5.74, 6) is 0.758. The fraction of sp³-hybridized carbons (Fsp3) is 0.385. The highest BCUT2D eigenvalue weighted by Gasteiger charge is 2.34. The van der Waals surface area contributed by atoms with E-state index in [4.69, 9.17) is 14.0 Å². The Morgan fingerprint density at radius 1 is 1.37 bits per heavy atom. The first-order chi connectivity index (χ1) is 9.29. The van der Waals surface area contributed by atoms with E-state index in [-0.39, 0.29) is 11.7 Å². The van der Waals surface area contributed by atoms with Crippen molar-refractivity contribution in [3.63, 3.8) is 0 Å². The number of hydrogen-bond donors (Lipinski definition) is 1. The molecule has 1 fully saturated rings. The molecule has 0 aliphatic carbocycles. The average molecular weight is 263 g/mol. The van der Waals surface area contributed by atoms with Crippen molar-refractivity contribution in [3.8, 4) is 11.4 Å². The summed E-state index contributed by atoms with van der Waals surface area (Å²) in [6, 6.07) is 7.35. The lowest BCUT2D eigenvalue weighted by molar-refractivity contribution is -0.680. The molecule has 1 saturated heterocycles. The van der Waals surface area contributed by atoms with Crippen LogP contribution < -0.4 is 15.0 Å². The second-order valence-corrected chi connectivity index (χ2v) is 4.40. The molecule has 0 amide bonds. The zero-order valence-corrected chi connectivity index (χ0v) is 10.6. The first kappa shape index (κ1) is 12.0. The molecule has 100 valence electrons. The molecule has 1 aromatic heterocycles. The molecule has 6 nitrogen and oxygen atoms in total. The second-order valence-electron chi connectivity index (χ2n) is 4.40. The summed E-state index contributed by atoms with van der Waals surface area (Å²) in [5, 5.41) is 2.61. The highest BCUT2D eigenvalue weighted by molar-refractivity contribution is 5.31. The molecule has 0 bridgehead atoms. The summed E-state index contributed by atoms with van der Waals surface area (Å²) < 4.78 is 17.2. The molecule has 1 unspecified atom stereocenters. The highest BCUT2D eigenvalue weighted by atomic mass is 16.5. The SMILES string of the molecule is COc1ccc(-[n+]2[nH]oc(=O)c2C2CCCO2)cc1. The van der Waals surface area contributed by atoms with E-state index in [0.717, 1.165) is 24.3 Å². The van der Waals surface area contributed by atoms with Crippen LogP contribution in [-0.2, 0) is 4.74 Å². The predicted molar refractivity (Wildman–Crippen MR) is 65.3 cm³/mol. The second kappa shape index (κ2) is 4.89. The van der Waals surface area contributed by atoms with Gasteiger partial charge in [0, 0.05) is 18.7 Å². The molecular weight excluding hydrogens is 248 g/mol. The van der Waals surface area contributed by atoms with Gasteiger partial charge in [-0.15, -0.1) is 0 Å². The summed E-state index contributed by atoms with van der Waals surface area (Å²) in [5.41, 5.74) is 0.919. The number of nitrogens with one attached hydrogen (secondary N) is 1. The van der Waals surface area contributed by atoms with Gasteiger partial charge in [-0.2, -0.15) is 0 Å². The Balaban J connectivity index is 2.02. The van der Waals surface area contributed by atoms with Crippen LogP contribution in [0.4, 0.5) is 0 Å². The third-order valence-corrected chi connectivity index (χ3v) is 3.24. The summed E-state index contributed by atoms with van der Waals surface area (Å²) >= 11 is 0. The molecule has 1 aromatic carbocycles. The lowest BCUT2D eigenvalue weighted by Gasteiger charge is -2.02. The topological polar surface area (TPSA) is 68.3 Å². The molecule has 0 saturated carbocycles. The minimum atomic E-state index is -0.386. The fourth-order valence-electron chi connectivity index (χ4n) is 2.27. The maximum Gasteiger partial charge on any atom is 0.433 e. The summed E-state index contributed by atoms with van der Waals surface area (Å²) in [7, 11) is 1.61. The molecule has 19 heavy (non-hydrogen) atoms. The zero-order chi connectivity index (χ0) is 13.2. The van der Waals surface area contributed by atoms with Crippen LogP contribution in [0.3, 0.4) is 0 Å². The number of aromatic nitrogens is 2. The van der Waals surface area contributed by atoms with E-state index in [2.05, 4.69) is 5.27 Å². The normalized spacial score (nSPS) is 18.7. The molecule has 3 rings (SSSR count). The van der Waals surface area contributed by atoms with Gasteiger partial charge in [-0.05, 0) is 34.9 Å². The van der Waals surface area contributed by atoms with Gasteiger partial charge in [0.15, 0.2) is 6.10 Å². The van der Waals surface area contributed by atoms with Crippen molar-refractivity contribution < 1.29 is 18.7 Å². The van der Waals surface area contributed by atoms with Crippen LogP contribution in [-0.4, -0.2) is 19.0 Å². The van der Waals surface area contributed by atoms with E-state index in [1.807, 2.05) is 24.3 Å². The minimum Gasteiger partial charge on any atom is -0.497 e. The van der Waals surface area contributed by atoms with Gasteiger partial charge in [-0.25, -0.2) is 4.79 Å². The fourth-order valence-corrected chi connectivity index (χ4v) is 2.27. The van der Waals surface area contributed by atoms with Gasteiger partial charge < -0.3 is 9.47 Å². The number of aromatic amines is 1. The molecule has 6 heteroatoms. The van der Waals surface area contributed by atoms with Gasteiger partial charge in [0.1, 0.15) is 5.75 Å². The Hall–Kier alpha value is -2.08. The maximum absolute atomic E-state index is 11.8. The average Bonchev–Trinajstić information content (AvgIpc) is 3.08. The van der Waals surface area contributed by atoms with Crippen LogP contribution in [0, 0.1) is 0 Å². The van der Waals surface area contributed by atoms with Crippen molar-refractivity contribution in [1.29, 1.82) is 0 Å². The Bertz CT molecular complexity index is 608. The first-order valence-corrected chi connectivity index (χ1v) is 6.19. The predicted octanol–water partition coefficient (Wildman–Crippen LogP) is 1.10. The number of nitrogens with zero attached hydrogens (tertiary/aromatic N) is 1. The van der Waals surface area contributed by atoms with E-state index in [1.54, 1.807) is 11.8 Å². The molecule has 2 aromatic rings. The maximum atomic E-state index is 11.8. The van der Waals surface area contributed by atoms with Gasteiger partial charge in [-0.3, -0.25) is 4.52 Å². The van der Waals surface area contributed by atoms with Crippen LogP contribution in [0.5, 0.6) is 5.75 Å². The van der Waals surface area contributed by atoms with E-state index in [0.29, 0.717) is 12.3 Å². The molecule has 2 heterocycles. The quantitative estimate of drug-likeness (QED) is 0.842. The molecule has 1 aliphatic rings. The standard InChI is InChI=1S/C13H14N2O4/c1-17-10-6-4-9(5-7-10)15-12(13(16)19-14-15)11-3-2-8-18-11/h4-7,11H,2-3,8H2,1H3/p+1. The number of hydrogen-bond acceptors (Lipinski definition) is 4. The van der Waals surface area contributed by atoms with Gasteiger partial charge in [0.25, 0.3) is 0 Å². The van der Waals surface area contributed by atoms with Gasteiger partial charge >= 0.3 is 11.3 Å². The third-order valence-electron chi connectivity index (χ3n) is 3.24. The Labute approximate surface area is 109 Å². The number of rotatable bonds is 3. The van der Waals surface area contributed by atoms with Crippen molar-refractivity contribution in [3.05, 3.63) is 40.4 Å². The van der Waals surface area contributed by atoms with Crippen molar-refractivity contribution in [2.24, 2.45) is 0 Å². The van der Waals surface area contributed by atoms with Crippen molar-refractivity contribution >= 4 is 0 Å². The van der Waals surface area contributed by atoms with Crippen LogP contribution in [0.15, 0.2) is 33.6 Å². The zero-order valence-electron chi connectivity index (χ0n) is 10.6. The van der Waals surface area contributed by atoms with Crippen LogP contribution in [0.1, 0.15) is 24.6 Å². The van der Waals surface area contributed by atoms with Crippen molar-refractivity contribution in [1.82, 2.24) is 5.27 Å². The number of ether oxygens (including phenoxy) is 2. The van der Waals surface area contributed by atoms with Crippen LogP contribution in [0.2, 0.25) is 0 Å². The lowest BCUT2D eigenvalue weighted by Crippen LogP contribution is -2.40. The Morgan fingerprint density at radius 3 is 2.79 bits per heavy atom. The molecule has 0 spiro atoms. The van der Waals surface area contributed by atoms with E-state index < -0.39 is 0 Å². The monoisotopic (exact) mass is 263 g/mol. The lowest BCUT2D eigenvalue weighted by atomic mass is 10.2. The van der Waals surface area contributed by atoms with Crippen molar-refractivity contribution in [2.75, 3.05) is 13.7 Å². The summed E-state index contributed by atoms with van der Waals surface area (Å²) in [6.07, 6.45) is 1.58. The van der Waals surface area contributed by atoms with E-state index >= 15 is 0 Å². The summed E-state index contributed by atoms with van der Waals surface area (Å²) in [4.78, 5) is 11.8. The smallest absolute Gasteiger partial charge is 0.433 e. The minimum absolute atomic E-state index is 0.204. The van der Waals surface area contributed by atoms with Gasteiger partial charge in [0.2, 0.25) is 5.69 Å². The van der Waals surface area contributed by atoms with E-state index in [1.165, 1.54) is 0 Å². The molecule has 1 N–H and O–H groups in total. The number of H-pyrrole nitrogens is 1. The molecule has 0 radical (unpaired) electrons. The largest absolute Gasteiger partial charge is 0.497 e. The first-order valence-electron chi connectivity index (χ1n) is 6.19. The van der Waals surface area contributed by atoms with Gasteiger partial charge in [0.05, 0.1) is 7.11 Å². The van der Waals surface area contributed by atoms with Crippen LogP contribution >= 0.6 is 0 Å². The van der Waals surface area contributed by atoms with Gasteiger partial charge in [-0.1, -0.05) is 0 Å². The molecule has 1 aliphatic heterocycles.